The van der Waals surface area contributed by atoms with Gasteiger partial charge in [0.2, 0.25) is 0 Å². The van der Waals surface area contributed by atoms with Gasteiger partial charge in [0.15, 0.2) is 0 Å². The van der Waals surface area contributed by atoms with E-state index < -0.39 is 20.6 Å². The SMILES string of the molecule is O=[N+]([O-])C(=Cc1ccc([N+](=O)[O-])cc1)[N+](=O)[O-]. The van der Waals surface area contributed by atoms with Crippen LogP contribution in [0.1, 0.15) is 5.56 Å². The van der Waals surface area contributed by atoms with Crippen LogP contribution < -0.4 is 0 Å². The smallest absolute Gasteiger partial charge is 0.258 e. The second kappa shape index (κ2) is 4.79. The van der Waals surface area contributed by atoms with Gasteiger partial charge in [0, 0.05) is 12.1 Å². The molecule has 1 aromatic carbocycles. The first-order chi connectivity index (χ1) is 7.91. The van der Waals surface area contributed by atoms with E-state index in [1.807, 2.05) is 0 Å². The zero-order chi connectivity index (χ0) is 13.0. The third-order valence-corrected chi connectivity index (χ3v) is 1.77. The molecule has 9 nitrogen and oxygen atoms in total. The van der Waals surface area contributed by atoms with Crippen LogP contribution in [0.25, 0.3) is 6.08 Å². The predicted molar refractivity (Wildman–Crippen MR) is 55.1 cm³/mol. The van der Waals surface area contributed by atoms with Gasteiger partial charge < -0.3 is 0 Å². The van der Waals surface area contributed by atoms with Crippen LogP contribution in [-0.4, -0.2) is 14.8 Å². The molecule has 0 saturated carbocycles. The van der Waals surface area contributed by atoms with Gasteiger partial charge in [0.1, 0.15) is 15.9 Å². The highest BCUT2D eigenvalue weighted by atomic mass is 16.7. The Morgan fingerprint density at radius 3 is 1.76 bits per heavy atom. The summed E-state index contributed by atoms with van der Waals surface area (Å²) in [5.41, 5.74) is -0.0649. The normalized spacial score (nSPS) is 9.41. The van der Waals surface area contributed by atoms with E-state index in [-0.39, 0.29) is 11.3 Å². The average Bonchev–Trinajstić information content (AvgIpc) is 2.25. The van der Waals surface area contributed by atoms with Crippen molar-refractivity contribution >= 4 is 11.8 Å². The lowest BCUT2D eigenvalue weighted by atomic mass is 10.2. The Balaban J connectivity index is 3.09. The number of benzene rings is 1. The molecule has 0 aliphatic heterocycles. The average molecular weight is 239 g/mol. The second-order valence-corrected chi connectivity index (χ2v) is 2.87. The summed E-state index contributed by atoms with van der Waals surface area (Å²) >= 11 is 0. The van der Waals surface area contributed by atoms with Crippen molar-refractivity contribution in [2.75, 3.05) is 0 Å². The highest BCUT2D eigenvalue weighted by Gasteiger charge is 2.24. The van der Waals surface area contributed by atoms with Gasteiger partial charge in [-0.15, -0.1) is 0 Å². The summed E-state index contributed by atoms with van der Waals surface area (Å²) in [4.78, 5) is 28.0. The van der Waals surface area contributed by atoms with Crippen LogP contribution in [-0.2, 0) is 0 Å². The molecule has 88 valence electrons. The number of nitro benzene ring substituents is 1. The zero-order valence-electron chi connectivity index (χ0n) is 8.18. The first-order valence-corrected chi connectivity index (χ1v) is 4.16. The van der Waals surface area contributed by atoms with Crippen LogP contribution in [0, 0.1) is 30.3 Å². The minimum atomic E-state index is -1.20. The molecule has 0 unspecified atom stereocenters. The first kappa shape index (κ1) is 12.2. The Kier molecular flexibility index (Phi) is 3.44. The topological polar surface area (TPSA) is 129 Å². The summed E-state index contributed by atoms with van der Waals surface area (Å²) in [5, 5.41) is 30.9. The second-order valence-electron chi connectivity index (χ2n) is 2.87. The number of rotatable bonds is 4. The summed E-state index contributed by atoms with van der Waals surface area (Å²) in [5.74, 6) is -1.20. The molecule has 1 rings (SSSR count). The number of nitro groups is 3. The summed E-state index contributed by atoms with van der Waals surface area (Å²) in [6.45, 7) is 0. The maximum absolute atomic E-state index is 10.3. The van der Waals surface area contributed by atoms with Gasteiger partial charge in [0.25, 0.3) is 5.69 Å². The molecule has 0 amide bonds. The fourth-order valence-corrected chi connectivity index (χ4v) is 1.01. The fourth-order valence-electron chi connectivity index (χ4n) is 1.01. The van der Waals surface area contributed by atoms with Crippen LogP contribution in [0.5, 0.6) is 0 Å². The van der Waals surface area contributed by atoms with E-state index in [4.69, 9.17) is 0 Å². The lowest BCUT2D eigenvalue weighted by Gasteiger charge is -1.92. The molecular formula is C8H5N3O6. The molecule has 0 fully saturated rings. The Bertz CT molecular complexity index is 490. The van der Waals surface area contributed by atoms with E-state index in [2.05, 4.69) is 0 Å². The molecule has 17 heavy (non-hydrogen) atoms. The third kappa shape index (κ3) is 3.06. The molecule has 0 radical (unpaired) electrons. The molecule has 0 spiro atoms. The molecule has 0 aliphatic carbocycles. The molecular weight excluding hydrogens is 234 g/mol. The van der Waals surface area contributed by atoms with Crippen molar-refractivity contribution in [3.63, 3.8) is 0 Å². The van der Waals surface area contributed by atoms with Crippen LogP contribution in [0.2, 0.25) is 0 Å². The van der Waals surface area contributed by atoms with E-state index in [1.54, 1.807) is 0 Å². The first-order valence-electron chi connectivity index (χ1n) is 4.16. The van der Waals surface area contributed by atoms with E-state index in [0.717, 1.165) is 18.2 Å². The van der Waals surface area contributed by atoms with E-state index in [0.29, 0.717) is 0 Å². The van der Waals surface area contributed by atoms with Crippen molar-refractivity contribution in [1.82, 2.24) is 0 Å². The highest BCUT2D eigenvalue weighted by molar-refractivity contribution is 5.51. The maximum atomic E-state index is 10.3. The van der Waals surface area contributed by atoms with Gasteiger partial charge in [-0.05, 0) is 17.7 Å². The molecule has 0 bridgehead atoms. The van der Waals surface area contributed by atoms with E-state index in [1.165, 1.54) is 12.1 Å². The quantitative estimate of drug-likeness (QED) is 0.577. The van der Waals surface area contributed by atoms with Gasteiger partial charge in [0.05, 0.1) is 4.92 Å². The lowest BCUT2D eigenvalue weighted by molar-refractivity contribution is -0.613. The van der Waals surface area contributed by atoms with E-state index >= 15 is 0 Å². The largest absolute Gasteiger partial charge is 0.559 e. The van der Waals surface area contributed by atoms with Gasteiger partial charge in [-0.25, -0.2) is 0 Å². The molecule has 9 heteroatoms. The molecule has 1 aromatic rings. The number of hydrogen-bond donors (Lipinski definition) is 0. The molecule has 0 aliphatic rings. The zero-order valence-corrected chi connectivity index (χ0v) is 8.18. The summed E-state index contributed by atoms with van der Waals surface area (Å²) in [6, 6.07) is 4.57. The standard InChI is InChI=1S/C8H5N3O6/c12-9(13)7-3-1-6(2-4-7)5-8(10(14)15)11(16)17/h1-5H. The Morgan fingerprint density at radius 1 is 0.941 bits per heavy atom. The number of nitrogens with zero attached hydrogens (tertiary/aromatic N) is 3. The molecule has 0 saturated heterocycles. The third-order valence-electron chi connectivity index (χ3n) is 1.77. The van der Waals surface area contributed by atoms with Crippen LogP contribution in [0.3, 0.4) is 0 Å². The lowest BCUT2D eigenvalue weighted by Crippen LogP contribution is -2.08. The van der Waals surface area contributed by atoms with Crippen molar-refractivity contribution in [1.29, 1.82) is 0 Å². The monoisotopic (exact) mass is 239 g/mol. The van der Waals surface area contributed by atoms with Crippen molar-refractivity contribution in [2.24, 2.45) is 0 Å². The predicted octanol–water partition coefficient (Wildman–Crippen LogP) is 1.45. The summed E-state index contributed by atoms with van der Waals surface area (Å²) in [7, 11) is 0. The summed E-state index contributed by atoms with van der Waals surface area (Å²) in [6.07, 6.45) is 0.726. The maximum Gasteiger partial charge on any atom is 0.559 e. The molecule has 0 heterocycles. The van der Waals surface area contributed by atoms with Crippen LogP contribution >= 0.6 is 0 Å². The fraction of sp³-hybridized carbons (Fsp3) is 0. The Hall–Kier alpha value is -2.84. The molecule has 0 aromatic heterocycles. The van der Waals surface area contributed by atoms with Crippen molar-refractivity contribution in [2.45, 2.75) is 0 Å². The number of hydrogen-bond acceptors (Lipinski definition) is 6. The van der Waals surface area contributed by atoms with Crippen molar-refractivity contribution < 1.29 is 14.8 Å². The van der Waals surface area contributed by atoms with Crippen LogP contribution in [0.4, 0.5) is 5.69 Å². The van der Waals surface area contributed by atoms with E-state index in [9.17, 15) is 30.3 Å². The number of non-ortho nitro benzene ring substituents is 1. The van der Waals surface area contributed by atoms with Gasteiger partial charge in [-0.2, -0.15) is 0 Å². The minimum absolute atomic E-state index is 0.138. The Morgan fingerprint density at radius 2 is 1.41 bits per heavy atom. The van der Waals surface area contributed by atoms with Crippen molar-refractivity contribution in [3.8, 4) is 0 Å². The van der Waals surface area contributed by atoms with Gasteiger partial charge in [-0.1, -0.05) is 0 Å². The molecule has 0 N–H and O–H groups in total. The van der Waals surface area contributed by atoms with Gasteiger partial charge in [-0.3, -0.25) is 30.3 Å². The van der Waals surface area contributed by atoms with Crippen LogP contribution in [0.15, 0.2) is 30.1 Å². The van der Waals surface area contributed by atoms with Gasteiger partial charge >= 0.3 is 5.82 Å². The highest BCUT2D eigenvalue weighted by Crippen LogP contribution is 2.14. The molecule has 0 atom stereocenters. The minimum Gasteiger partial charge on any atom is -0.258 e. The Labute approximate surface area is 93.4 Å². The van der Waals surface area contributed by atoms with Crippen molar-refractivity contribution in [3.05, 3.63) is 66.0 Å². The summed E-state index contributed by atoms with van der Waals surface area (Å²) < 4.78 is 0.